The molecule has 1 N–H and O–H groups in total. The third-order valence-electron chi connectivity index (χ3n) is 3.36. The third-order valence-corrected chi connectivity index (χ3v) is 3.36. The molecule has 0 amide bonds. The highest BCUT2D eigenvalue weighted by Gasteiger charge is 2.19. The number of likely N-dealkylation sites (N-methyl/N-ethyl adjacent to an activating group) is 1. The Hall–Kier alpha value is -0.900. The summed E-state index contributed by atoms with van der Waals surface area (Å²) in [6.07, 6.45) is 1.16. The molecule has 0 spiro atoms. The molecule has 1 aliphatic heterocycles. The minimum absolute atomic E-state index is 0.590. The highest BCUT2D eigenvalue weighted by Crippen LogP contribution is 2.14. The molecule has 94 valence electrons. The van der Waals surface area contributed by atoms with Gasteiger partial charge in [0.1, 0.15) is 0 Å². The molecule has 1 aromatic carbocycles. The van der Waals surface area contributed by atoms with Crippen LogP contribution in [0.15, 0.2) is 24.3 Å². The van der Waals surface area contributed by atoms with Crippen molar-refractivity contribution in [1.82, 2.24) is 10.2 Å². The molecule has 0 bridgehead atoms. The van der Waals surface area contributed by atoms with Crippen molar-refractivity contribution in [3.8, 4) is 0 Å². The standard InChI is InChI=1S/C14H22N2O/c1-15-9-12-3-5-13(6-4-12)10-16(2)14-7-8-17-11-14/h3-6,14-15H,7-11H2,1-2H3. The lowest BCUT2D eigenvalue weighted by Gasteiger charge is -2.22. The van der Waals surface area contributed by atoms with Gasteiger partial charge >= 0.3 is 0 Å². The van der Waals surface area contributed by atoms with Crippen molar-refractivity contribution in [2.45, 2.75) is 25.6 Å². The molecule has 1 fully saturated rings. The fraction of sp³-hybridized carbons (Fsp3) is 0.571. The van der Waals surface area contributed by atoms with Crippen molar-refractivity contribution in [3.63, 3.8) is 0 Å². The van der Waals surface area contributed by atoms with Crippen LogP contribution >= 0.6 is 0 Å². The van der Waals surface area contributed by atoms with Gasteiger partial charge in [-0.15, -0.1) is 0 Å². The van der Waals surface area contributed by atoms with Gasteiger partial charge < -0.3 is 10.1 Å². The zero-order valence-electron chi connectivity index (χ0n) is 10.8. The van der Waals surface area contributed by atoms with Crippen LogP contribution in [-0.4, -0.2) is 38.3 Å². The van der Waals surface area contributed by atoms with Gasteiger partial charge in [-0.3, -0.25) is 4.90 Å². The lowest BCUT2D eigenvalue weighted by Crippen LogP contribution is -2.31. The van der Waals surface area contributed by atoms with Gasteiger partial charge in [-0.25, -0.2) is 0 Å². The Morgan fingerprint density at radius 3 is 2.59 bits per heavy atom. The van der Waals surface area contributed by atoms with Crippen LogP contribution in [-0.2, 0) is 17.8 Å². The highest BCUT2D eigenvalue weighted by atomic mass is 16.5. The number of nitrogens with one attached hydrogen (secondary N) is 1. The Balaban J connectivity index is 1.89. The van der Waals surface area contributed by atoms with Crippen molar-refractivity contribution in [2.75, 3.05) is 27.3 Å². The van der Waals surface area contributed by atoms with E-state index in [0.29, 0.717) is 6.04 Å². The molecule has 0 saturated carbocycles. The fourth-order valence-corrected chi connectivity index (χ4v) is 2.25. The van der Waals surface area contributed by atoms with Gasteiger partial charge in [0, 0.05) is 25.7 Å². The average molecular weight is 234 g/mol. The molecular weight excluding hydrogens is 212 g/mol. The Bertz CT molecular complexity index is 331. The number of hydrogen-bond donors (Lipinski definition) is 1. The second kappa shape index (κ2) is 6.15. The van der Waals surface area contributed by atoms with Crippen molar-refractivity contribution < 1.29 is 4.74 Å². The average Bonchev–Trinajstić information content (AvgIpc) is 2.86. The third kappa shape index (κ3) is 3.53. The Morgan fingerprint density at radius 2 is 2.00 bits per heavy atom. The molecule has 17 heavy (non-hydrogen) atoms. The summed E-state index contributed by atoms with van der Waals surface area (Å²) in [6, 6.07) is 9.43. The number of benzene rings is 1. The second-order valence-electron chi connectivity index (χ2n) is 4.78. The van der Waals surface area contributed by atoms with Crippen molar-refractivity contribution in [3.05, 3.63) is 35.4 Å². The minimum atomic E-state index is 0.590. The number of rotatable bonds is 5. The maximum Gasteiger partial charge on any atom is 0.0622 e. The van der Waals surface area contributed by atoms with Crippen LogP contribution in [0.2, 0.25) is 0 Å². The van der Waals surface area contributed by atoms with Crippen LogP contribution in [0.25, 0.3) is 0 Å². The molecule has 1 saturated heterocycles. The van der Waals surface area contributed by atoms with E-state index >= 15 is 0 Å². The van der Waals surface area contributed by atoms with Gasteiger partial charge in [0.05, 0.1) is 6.61 Å². The fourth-order valence-electron chi connectivity index (χ4n) is 2.25. The highest BCUT2D eigenvalue weighted by molar-refractivity contribution is 5.22. The predicted octanol–water partition coefficient (Wildman–Crippen LogP) is 1.63. The maximum atomic E-state index is 5.42. The first-order valence-electron chi connectivity index (χ1n) is 6.30. The topological polar surface area (TPSA) is 24.5 Å². The Kier molecular flexibility index (Phi) is 4.54. The smallest absolute Gasteiger partial charge is 0.0622 e. The number of hydrogen-bond acceptors (Lipinski definition) is 3. The summed E-state index contributed by atoms with van der Waals surface area (Å²) < 4.78 is 5.42. The van der Waals surface area contributed by atoms with Crippen molar-refractivity contribution in [1.29, 1.82) is 0 Å². The van der Waals surface area contributed by atoms with Gasteiger partial charge in [0.25, 0.3) is 0 Å². The van der Waals surface area contributed by atoms with Crippen molar-refractivity contribution in [2.24, 2.45) is 0 Å². The molecular formula is C14H22N2O. The molecule has 1 atom stereocenters. The van der Waals surface area contributed by atoms with E-state index in [1.807, 2.05) is 7.05 Å². The van der Waals surface area contributed by atoms with Crippen LogP contribution in [0.5, 0.6) is 0 Å². The normalized spacial score (nSPS) is 20.1. The Labute approximate surface area is 104 Å². The predicted molar refractivity (Wildman–Crippen MR) is 69.9 cm³/mol. The monoisotopic (exact) mass is 234 g/mol. The minimum Gasteiger partial charge on any atom is -0.380 e. The van der Waals surface area contributed by atoms with Gasteiger partial charge in [-0.2, -0.15) is 0 Å². The molecule has 0 aliphatic carbocycles. The first-order valence-corrected chi connectivity index (χ1v) is 6.30. The summed E-state index contributed by atoms with van der Waals surface area (Å²) >= 11 is 0. The molecule has 0 radical (unpaired) electrons. The van der Waals surface area contributed by atoms with Crippen LogP contribution in [0.4, 0.5) is 0 Å². The molecule has 1 aliphatic rings. The van der Waals surface area contributed by atoms with E-state index in [0.717, 1.165) is 32.7 Å². The molecule has 3 heteroatoms. The lowest BCUT2D eigenvalue weighted by molar-refractivity contribution is 0.156. The second-order valence-corrected chi connectivity index (χ2v) is 4.78. The lowest BCUT2D eigenvalue weighted by atomic mass is 10.1. The van der Waals surface area contributed by atoms with Gasteiger partial charge in [-0.05, 0) is 31.6 Å². The van der Waals surface area contributed by atoms with Gasteiger partial charge in [-0.1, -0.05) is 24.3 Å². The summed E-state index contributed by atoms with van der Waals surface area (Å²) in [5.41, 5.74) is 2.71. The van der Waals surface area contributed by atoms with Crippen LogP contribution < -0.4 is 5.32 Å². The summed E-state index contributed by atoms with van der Waals surface area (Å²) in [6.45, 7) is 3.74. The summed E-state index contributed by atoms with van der Waals surface area (Å²) in [5.74, 6) is 0. The molecule has 1 unspecified atom stereocenters. The molecule has 3 nitrogen and oxygen atoms in total. The molecule has 2 rings (SSSR count). The van der Waals surface area contributed by atoms with E-state index in [9.17, 15) is 0 Å². The van der Waals surface area contributed by atoms with E-state index in [1.165, 1.54) is 11.1 Å². The van der Waals surface area contributed by atoms with E-state index < -0.39 is 0 Å². The van der Waals surface area contributed by atoms with Crippen LogP contribution in [0.1, 0.15) is 17.5 Å². The molecule has 0 aromatic heterocycles. The molecule has 1 heterocycles. The van der Waals surface area contributed by atoms with E-state index in [4.69, 9.17) is 4.74 Å². The first-order chi connectivity index (χ1) is 8.29. The van der Waals surface area contributed by atoms with E-state index in [2.05, 4.69) is 41.5 Å². The SMILES string of the molecule is CNCc1ccc(CN(C)C2CCOC2)cc1. The van der Waals surface area contributed by atoms with Gasteiger partial charge in [0.2, 0.25) is 0 Å². The van der Waals surface area contributed by atoms with E-state index in [-0.39, 0.29) is 0 Å². The molecule has 1 aromatic rings. The number of ether oxygens (including phenoxy) is 1. The Morgan fingerprint density at radius 1 is 1.29 bits per heavy atom. The quantitative estimate of drug-likeness (QED) is 0.838. The first kappa shape index (κ1) is 12.6. The summed E-state index contributed by atoms with van der Waals surface area (Å²) in [4.78, 5) is 2.39. The zero-order chi connectivity index (χ0) is 12.1. The van der Waals surface area contributed by atoms with Crippen LogP contribution in [0, 0.1) is 0 Å². The number of nitrogens with zero attached hydrogens (tertiary/aromatic N) is 1. The zero-order valence-corrected chi connectivity index (χ0v) is 10.8. The van der Waals surface area contributed by atoms with Gasteiger partial charge in [0.15, 0.2) is 0 Å². The maximum absolute atomic E-state index is 5.42. The summed E-state index contributed by atoms with van der Waals surface area (Å²) in [7, 11) is 4.16. The summed E-state index contributed by atoms with van der Waals surface area (Å²) in [5, 5.41) is 3.16. The van der Waals surface area contributed by atoms with E-state index in [1.54, 1.807) is 0 Å². The van der Waals surface area contributed by atoms with Crippen molar-refractivity contribution >= 4 is 0 Å². The largest absolute Gasteiger partial charge is 0.380 e. The van der Waals surface area contributed by atoms with Crippen LogP contribution in [0.3, 0.4) is 0 Å².